The van der Waals surface area contributed by atoms with E-state index in [1.165, 1.54) is 6.20 Å². The molecule has 1 atom stereocenters. The minimum atomic E-state index is -0.573. The molecule has 7 nitrogen and oxygen atoms in total. The summed E-state index contributed by atoms with van der Waals surface area (Å²) < 4.78 is 6.91. The summed E-state index contributed by atoms with van der Waals surface area (Å²) in [7, 11) is 1.76. The summed E-state index contributed by atoms with van der Waals surface area (Å²) in [5, 5.41) is 9.75. The Bertz CT molecular complexity index is 562. The standard InChI is InChI=1S/C17H30N4O3/c1-7-8-9-17(5,20-15(23)24-16(2,3)4)12-18-14(22)13-10-19-21(6)11-13/h10-11H,7-9,12H2,1-6H3,(H,18,22)(H,20,23). The number of amides is 2. The van der Waals surface area contributed by atoms with Gasteiger partial charge in [0, 0.05) is 19.8 Å². The minimum absolute atomic E-state index is 0.211. The van der Waals surface area contributed by atoms with Crippen molar-refractivity contribution in [3.05, 3.63) is 18.0 Å². The second-order valence-electron chi connectivity index (χ2n) is 7.38. The van der Waals surface area contributed by atoms with Crippen molar-refractivity contribution in [2.24, 2.45) is 7.05 Å². The van der Waals surface area contributed by atoms with Crippen LogP contribution in [0.15, 0.2) is 12.4 Å². The van der Waals surface area contributed by atoms with Crippen LogP contribution in [0.3, 0.4) is 0 Å². The molecule has 0 fully saturated rings. The van der Waals surface area contributed by atoms with E-state index in [4.69, 9.17) is 4.74 Å². The van der Waals surface area contributed by atoms with Crippen LogP contribution >= 0.6 is 0 Å². The highest BCUT2D eigenvalue weighted by molar-refractivity contribution is 5.93. The molecule has 0 saturated heterocycles. The third kappa shape index (κ3) is 7.02. The lowest BCUT2D eigenvalue weighted by Crippen LogP contribution is -2.54. The molecule has 1 aromatic rings. The number of carbonyl (C=O) groups excluding carboxylic acids is 2. The average Bonchev–Trinajstić information content (AvgIpc) is 2.87. The summed E-state index contributed by atoms with van der Waals surface area (Å²) in [6.45, 7) is 9.78. The molecular formula is C17H30N4O3. The highest BCUT2D eigenvalue weighted by atomic mass is 16.6. The van der Waals surface area contributed by atoms with Crippen LogP contribution in [0.5, 0.6) is 0 Å². The lowest BCUT2D eigenvalue weighted by molar-refractivity contribution is 0.0453. The molecule has 0 aliphatic heterocycles. The normalized spacial score (nSPS) is 13.9. The molecule has 1 unspecified atom stereocenters. The van der Waals surface area contributed by atoms with E-state index in [-0.39, 0.29) is 5.91 Å². The Morgan fingerprint density at radius 3 is 2.46 bits per heavy atom. The van der Waals surface area contributed by atoms with Gasteiger partial charge in [-0.1, -0.05) is 19.8 Å². The number of alkyl carbamates (subject to hydrolysis) is 1. The highest BCUT2D eigenvalue weighted by Gasteiger charge is 2.29. The van der Waals surface area contributed by atoms with Crippen molar-refractivity contribution in [3.8, 4) is 0 Å². The fourth-order valence-electron chi connectivity index (χ4n) is 2.23. The number of aromatic nitrogens is 2. The van der Waals surface area contributed by atoms with Gasteiger partial charge in [-0.3, -0.25) is 9.48 Å². The second kappa shape index (κ2) is 8.17. The van der Waals surface area contributed by atoms with Gasteiger partial charge in [0.05, 0.1) is 17.3 Å². The van der Waals surface area contributed by atoms with Crippen molar-refractivity contribution in [2.45, 2.75) is 65.0 Å². The summed E-state index contributed by atoms with van der Waals surface area (Å²) in [6, 6.07) is 0. The van der Waals surface area contributed by atoms with E-state index in [1.54, 1.807) is 17.9 Å². The molecule has 0 radical (unpaired) electrons. The Balaban J connectivity index is 2.68. The van der Waals surface area contributed by atoms with Crippen molar-refractivity contribution < 1.29 is 14.3 Å². The molecule has 0 aliphatic rings. The van der Waals surface area contributed by atoms with Crippen LogP contribution in [0.1, 0.15) is 64.2 Å². The number of rotatable bonds is 7. The smallest absolute Gasteiger partial charge is 0.408 e. The minimum Gasteiger partial charge on any atom is -0.444 e. The van der Waals surface area contributed by atoms with Gasteiger partial charge in [-0.2, -0.15) is 5.10 Å². The van der Waals surface area contributed by atoms with E-state index < -0.39 is 17.2 Å². The molecule has 1 heterocycles. The molecule has 7 heteroatoms. The van der Waals surface area contributed by atoms with Crippen LogP contribution in [-0.2, 0) is 11.8 Å². The van der Waals surface area contributed by atoms with Gasteiger partial charge in [0.15, 0.2) is 0 Å². The fraction of sp³-hybridized carbons (Fsp3) is 0.706. The van der Waals surface area contributed by atoms with Gasteiger partial charge in [0.2, 0.25) is 0 Å². The van der Waals surface area contributed by atoms with Crippen LogP contribution in [0.2, 0.25) is 0 Å². The molecule has 0 spiro atoms. The molecular weight excluding hydrogens is 308 g/mol. The van der Waals surface area contributed by atoms with E-state index in [0.717, 1.165) is 19.3 Å². The predicted molar refractivity (Wildman–Crippen MR) is 92.8 cm³/mol. The van der Waals surface area contributed by atoms with Crippen LogP contribution in [0.25, 0.3) is 0 Å². The molecule has 0 aliphatic carbocycles. The number of hydrogen-bond acceptors (Lipinski definition) is 4. The van der Waals surface area contributed by atoms with Crippen LogP contribution in [0, 0.1) is 0 Å². The van der Waals surface area contributed by atoms with Crippen LogP contribution in [-0.4, -0.2) is 39.5 Å². The van der Waals surface area contributed by atoms with E-state index in [1.807, 2.05) is 27.7 Å². The van der Waals surface area contributed by atoms with Gasteiger partial charge in [0.25, 0.3) is 5.91 Å². The van der Waals surface area contributed by atoms with Crippen LogP contribution in [0.4, 0.5) is 4.79 Å². The number of ether oxygens (including phenoxy) is 1. The van der Waals surface area contributed by atoms with Crippen molar-refractivity contribution >= 4 is 12.0 Å². The largest absolute Gasteiger partial charge is 0.444 e. The highest BCUT2D eigenvalue weighted by Crippen LogP contribution is 2.15. The molecule has 0 bridgehead atoms. The Morgan fingerprint density at radius 2 is 1.96 bits per heavy atom. The van der Waals surface area contributed by atoms with Gasteiger partial charge < -0.3 is 15.4 Å². The van der Waals surface area contributed by atoms with E-state index in [2.05, 4.69) is 22.7 Å². The molecule has 0 saturated carbocycles. The van der Waals surface area contributed by atoms with Gasteiger partial charge in [-0.15, -0.1) is 0 Å². The van der Waals surface area contributed by atoms with E-state index in [0.29, 0.717) is 12.1 Å². The maximum absolute atomic E-state index is 12.2. The quantitative estimate of drug-likeness (QED) is 0.800. The topological polar surface area (TPSA) is 85.3 Å². The Labute approximate surface area is 144 Å². The maximum atomic E-state index is 12.2. The Morgan fingerprint density at radius 1 is 1.29 bits per heavy atom. The zero-order chi connectivity index (χ0) is 18.4. The predicted octanol–water partition coefficient (Wildman–Crippen LogP) is 2.62. The zero-order valence-electron chi connectivity index (χ0n) is 15.6. The number of nitrogens with zero attached hydrogens (tertiary/aromatic N) is 2. The van der Waals surface area contributed by atoms with Gasteiger partial charge >= 0.3 is 6.09 Å². The second-order valence-corrected chi connectivity index (χ2v) is 7.38. The zero-order valence-corrected chi connectivity index (χ0v) is 15.6. The molecule has 24 heavy (non-hydrogen) atoms. The van der Waals surface area contributed by atoms with Gasteiger partial charge in [-0.25, -0.2) is 4.79 Å². The van der Waals surface area contributed by atoms with E-state index >= 15 is 0 Å². The summed E-state index contributed by atoms with van der Waals surface area (Å²) in [5.74, 6) is -0.211. The summed E-state index contributed by atoms with van der Waals surface area (Å²) >= 11 is 0. The summed E-state index contributed by atoms with van der Waals surface area (Å²) in [6.07, 6.45) is 5.38. The molecule has 0 aromatic carbocycles. The van der Waals surface area contributed by atoms with Crippen molar-refractivity contribution in [3.63, 3.8) is 0 Å². The first-order valence-corrected chi connectivity index (χ1v) is 8.33. The third-order valence-electron chi connectivity index (χ3n) is 3.49. The summed E-state index contributed by atoms with van der Waals surface area (Å²) in [5.41, 5.74) is -0.641. The van der Waals surface area contributed by atoms with Gasteiger partial charge in [-0.05, 0) is 34.1 Å². The Hall–Kier alpha value is -2.05. The van der Waals surface area contributed by atoms with Crippen molar-refractivity contribution in [2.75, 3.05) is 6.54 Å². The summed E-state index contributed by atoms with van der Waals surface area (Å²) in [4.78, 5) is 24.3. The molecule has 2 amide bonds. The first-order chi connectivity index (χ1) is 11.0. The number of nitrogens with one attached hydrogen (secondary N) is 2. The Kier molecular flexibility index (Phi) is 6.81. The lowest BCUT2D eigenvalue weighted by atomic mass is 9.95. The molecule has 1 aromatic heterocycles. The van der Waals surface area contributed by atoms with E-state index in [9.17, 15) is 9.59 Å². The number of aryl methyl sites for hydroxylation is 1. The maximum Gasteiger partial charge on any atom is 0.408 e. The molecule has 1 rings (SSSR count). The first-order valence-electron chi connectivity index (χ1n) is 8.33. The van der Waals surface area contributed by atoms with Gasteiger partial charge in [0.1, 0.15) is 5.60 Å². The first kappa shape index (κ1) is 20.0. The SMILES string of the molecule is CCCCC(C)(CNC(=O)c1cnn(C)c1)NC(=O)OC(C)(C)C. The third-order valence-corrected chi connectivity index (χ3v) is 3.49. The van der Waals surface area contributed by atoms with Crippen molar-refractivity contribution in [1.29, 1.82) is 0 Å². The molecule has 2 N–H and O–H groups in total. The molecule has 136 valence electrons. The number of hydrogen-bond donors (Lipinski definition) is 2. The number of unbranched alkanes of at least 4 members (excludes halogenated alkanes) is 1. The van der Waals surface area contributed by atoms with Crippen LogP contribution < -0.4 is 10.6 Å². The number of carbonyl (C=O) groups is 2. The lowest BCUT2D eigenvalue weighted by Gasteiger charge is -2.32. The average molecular weight is 338 g/mol. The van der Waals surface area contributed by atoms with Crippen molar-refractivity contribution in [1.82, 2.24) is 20.4 Å². The monoisotopic (exact) mass is 338 g/mol. The fourth-order valence-corrected chi connectivity index (χ4v) is 2.23.